The van der Waals surface area contributed by atoms with E-state index >= 15 is 0 Å². The van der Waals surface area contributed by atoms with Crippen LogP contribution in [0.3, 0.4) is 0 Å². The van der Waals surface area contributed by atoms with Gasteiger partial charge in [0, 0.05) is 0 Å². The van der Waals surface area contributed by atoms with Crippen molar-refractivity contribution in [3.63, 3.8) is 0 Å². The lowest BCUT2D eigenvalue weighted by molar-refractivity contribution is 0.415. The fourth-order valence-corrected chi connectivity index (χ4v) is 2.12. The van der Waals surface area contributed by atoms with Crippen LogP contribution in [0.1, 0.15) is 32.3 Å². The summed E-state index contributed by atoms with van der Waals surface area (Å²) >= 11 is 6.09. The molecule has 1 aromatic carbocycles. The van der Waals surface area contributed by atoms with Gasteiger partial charge in [0.15, 0.2) is 0 Å². The van der Waals surface area contributed by atoms with Crippen LogP contribution in [0.2, 0.25) is 5.02 Å². The van der Waals surface area contributed by atoms with Crippen molar-refractivity contribution < 1.29 is 4.74 Å². The van der Waals surface area contributed by atoms with Gasteiger partial charge in [-0.25, -0.2) is 0 Å². The molecule has 0 unspecified atom stereocenters. The zero-order chi connectivity index (χ0) is 13.4. The van der Waals surface area contributed by atoms with Crippen molar-refractivity contribution in [3.05, 3.63) is 28.8 Å². The van der Waals surface area contributed by atoms with E-state index in [1.54, 1.807) is 7.11 Å². The normalized spacial score (nSPS) is 10.9. The lowest BCUT2D eigenvalue weighted by Crippen LogP contribution is -2.20. The van der Waals surface area contributed by atoms with Crippen LogP contribution in [-0.2, 0) is 6.42 Å². The number of unbranched alkanes of at least 4 members (excludes halogenated alkanes) is 1. The Bertz CT molecular complexity index is 352. The quantitative estimate of drug-likeness (QED) is 0.723. The highest BCUT2D eigenvalue weighted by Crippen LogP contribution is 2.25. The second-order valence-electron chi connectivity index (χ2n) is 5.02. The highest BCUT2D eigenvalue weighted by atomic mass is 35.5. The lowest BCUT2D eigenvalue weighted by Gasteiger charge is -2.08. The van der Waals surface area contributed by atoms with Crippen molar-refractivity contribution in [1.29, 1.82) is 0 Å². The fourth-order valence-electron chi connectivity index (χ4n) is 1.84. The molecule has 0 bridgehead atoms. The van der Waals surface area contributed by atoms with E-state index in [4.69, 9.17) is 16.3 Å². The summed E-state index contributed by atoms with van der Waals surface area (Å²) in [4.78, 5) is 0. The van der Waals surface area contributed by atoms with Crippen molar-refractivity contribution in [1.82, 2.24) is 5.32 Å². The van der Waals surface area contributed by atoms with Gasteiger partial charge in [-0.2, -0.15) is 0 Å². The number of aryl methyl sites for hydroxylation is 1. The molecule has 0 saturated heterocycles. The van der Waals surface area contributed by atoms with Gasteiger partial charge < -0.3 is 10.1 Å². The van der Waals surface area contributed by atoms with Crippen LogP contribution in [0, 0.1) is 5.92 Å². The second-order valence-corrected chi connectivity index (χ2v) is 5.43. The lowest BCUT2D eigenvalue weighted by atomic mass is 10.1. The summed E-state index contributed by atoms with van der Waals surface area (Å²) in [6.07, 6.45) is 3.47. The van der Waals surface area contributed by atoms with Gasteiger partial charge in [0.25, 0.3) is 0 Å². The highest BCUT2D eigenvalue weighted by Gasteiger charge is 2.01. The minimum Gasteiger partial charge on any atom is -0.495 e. The summed E-state index contributed by atoms with van der Waals surface area (Å²) in [5.74, 6) is 1.48. The molecule has 0 atom stereocenters. The topological polar surface area (TPSA) is 21.3 Å². The van der Waals surface area contributed by atoms with Crippen molar-refractivity contribution in [2.45, 2.75) is 33.1 Å². The smallest absolute Gasteiger partial charge is 0.137 e. The summed E-state index contributed by atoms with van der Waals surface area (Å²) in [6, 6.07) is 6.03. The first-order valence-electron chi connectivity index (χ1n) is 6.66. The predicted molar refractivity (Wildman–Crippen MR) is 78.6 cm³/mol. The molecular formula is C15H24ClNO. The average Bonchev–Trinajstić information content (AvgIpc) is 2.33. The molecule has 0 aliphatic heterocycles. The van der Waals surface area contributed by atoms with Gasteiger partial charge in [-0.3, -0.25) is 0 Å². The molecule has 3 heteroatoms. The maximum atomic E-state index is 6.09. The van der Waals surface area contributed by atoms with Crippen molar-refractivity contribution in [2.75, 3.05) is 20.2 Å². The third kappa shape index (κ3) is 5.74. The first-order chi connectivity index (χ1) is 8.63. The van der Waals surface area contributed by atoms with Gasteiger partial charge in [0.2, 0.25) is 0 Å². The summed E-state index contributed by atoms with van der Waals surface area (Å²) in [5, 5.41) is 4.16. The van der Waals surface area contributed by atoms with Gasteiger partial charge in [-0.15, -0.1) is 0 Å². The van der Waals surface area contributed by atoms with Crippen LogP contribution < -0.4 is 10.1 Å². The minimum atomic E-state index is 0.702. The van der Waals surface area contributed by atoms with E-state index in [9.17, 15) is 0 Å². The van der Waals surface area contributed by atoms with Crippen LogP contribution >= 0.6 is 11.6 Å². The molecule has 0 aliphatic carbocycles. The fraction of sp³-hybridized carbons (Fsp3) is 0.600. The van der Waals surface area contributed by atoms with E-state index < -0.39 is 0 Å². The summed E-state index contributed by atoms with van der Waals surface area (Å²) < 4.78 is 5.14. The Labute approximate surface area is 116 Å². The Morgan fingerprint density at radius 1 is 1.28 bits per heavy atom. The Hall–Kier alpha value is -0.730. The largest absolute Gasteiger partial charge is 0.495 e. The zero-order valence-electron chi connectivity index (χ0n) is 11.6. The Kier molecular flexibility index (Phi) is 7.14. The third-order valence-corrected chi connectivity index (χ3v) is 3.13. The summed E-state index contributed by atoms with van der Waals surface area (Å²) in [5.41, 5.74) is 1.28. The third-order valence-electron chi connectivity index (χ3n) is 2.84. The van der Waals surface area contributed by atoms with Gasteiger partial charge in [0.05, 0.1) is 12.1 Å². The molecule has 0 heterocycles. The number of benzene rings is 1. The van der Waals surface area contributed by atoms with Gasteiger partial charge >= 0.3 is 0 Å². The van der Waals surface area contributed by atoms with Crippen LogP contribution in [0.15, 0.2) is 18.2 Å². The molecule has 0 saturated carbocycles. The number of methoxy groups -OCH3 is 1. The molecule has 0 fully saturated rings. The van der Waals surface area contributed by atoms with Gasteiger partial charge in [-0.05, 0) is 56.0 Å². The molecule has 1 rings (SSSR count). The van der Waals surface area contributed by atoms with Crippen molar-refractivity contribution >= 4 is 11.6 Å². The molecule has 1 N–H and O–H groups in total. The second kappa shape index (κ2) is 8.39. The zero-order valence-corrected chi connectivity index (χ0v) is 12.4. The standard InChI is InChI=1S/C15H24ClNO/c1-12(2)11-17-9-5-4-6-13-7-8-15(18-3)14(16)10-13/h7-8,10,12,17H,4-6,9,11H2,1-3H3. The number of halogens is 1. The first-order valence-corrected chi connectivity index (χ1v) is 7.04. The first kappa shape index (κ1) is 15.3. The van der Waals surface area contributed by atoms with Crippen LogP contribution in [0.4, 0.5) is 0 Å². The minimum absolute atomic E-state index is 0.702. The Balaban J connectivity index is 2.21. The highest BCUT2D eigenvalue weighted by molar-refractivity contribution is 6.32. The number of rotatable bonds is 8. The molecule has 102 valence electrons. The van der Waals surface area contributed by atoms with Crippen molar-refractivity contribution in [3.8, 4) is 5.75 Å². The van der Waals surface area contributed by atoms with E-state index in [1.807, 2.05) is 12.1 Å². The maximum absolute atomic E-state index is 6.09. The maximum Gasteiger partial charge on any atom is 0.137 e. The Morgan fingerprint density at radius 3 is 2.67 bits per heavy atom. The average molecular weight is 270 g/mol. The van der Waals surface area contributed by atoms with E-state index in [2.05, 4.69) is 25.2 Å². The van der Waals surface area contributed by atoms with Crippen LogP contribution in [0.5, 0.6) is 5.75 Å². The van der Waals surface area contributed by atoms with E-state index in [1.165, 1.54) is 18.4 Å². The van der Waals surface area contributed by atoms with Gasteiger partial charge in [-0.1, -0.05) is 31.5 Å². The summed E-state index contributed by atoms with van der Waals surface area (Å²) in [6.45, 7) is 6.66. The van der Waals surface area contributed by atoms with Gasteiger partial charge in [0.1, 0.15) is 5.75 Å². The van der Waals surface area contributed by atoms with E-state index in [0.717, 1.165) is 31.2 Å². The summed E-state index contributed by atoms with van der Waals surface area (Å²) in [7, 11) is 1.64. The van der Waals surface area contributed by atoms with E-state index in [0.29, 0.717) is 5.02 Å². The Morgan fingerprint density at radius 2 is 2.06 bits per heavy atom. The molecular weight excluding hydrogens is 246 g/mol. The van der Waals surface area contributed by atoms with Crippen LogP contribution in [0.25, 0.3) is 0 Å². The molecule has 0 radical (unpaired) electrons. The van der Waals surface area contributed by atoms with Crippen molar-refractivity contribution in [2.24, 2.45) is 5.92 Å². The molecule has 2 nitrogen and oxygen atoms in total. The van der Waals surface area contributed by atoms with E-state index in [-0.39, 0.29) is 0 Å². The number of nitrogens with one attached hydrogen (secondary N) is 1. The predicted octanol–water partition coefficient (Wildman–Crippen LogP) is 3.92. The molecule has 1 aromatic rings. The number of hydrogen-bond acceptors (Lipinski definition) is 2. The monoisotopic (exact) mass is 269 g/mol. The number of hydrogen-bond donors (Lipinski definition) is 1. The molecule has 0 aliphatic rings. The molecule has 18 heavy (non-hydrogen) atoms. The SMILES string of the molecule is COc1ccc(CCCCNCC(C)C)cc1Cl. The number of ether oxygens (including phenoxy) is 1. The molecule has 0 amide bonds. The molecule has 0 spiro atoms. The van der Waals surface area contributed by atoms with Crippen LogP contribution in [-0.4, -0.2) is 20.2 Å². The molecule has 0 aromatic heterocycles.